The molecule has 0 saturated carbocycles. The molecule has 0 spiro atoms. The number of hydrogen-bond acceptors (Lipinski definition) is 3. The molecule has 22 heavy (non-hydrogen) atoms. The van der Waals surface area contributed by atoms with E-state index >= 15 is 0 Å². The second kappa shape index (κ2) is 8.36. The van der Waals surface area contributed by atoms with Crippen molar-refractivity contribution in [1.29, 1.82) is 0 Å². The minimum atomic E-state index is -0.375. The van der Waals surface area contributed by atoms with Crippen LogP contribution in [0.4, 0.5) is 4.79 Å². The van der Waals surface area contributed by atoms with E-state index < -0.39 is 0 Å². The van der Waals surface area contributed by atoms with Crippen molar-refractivity contribution < 1.29 is 9.59 Å². The Labute approximate surface area is 134 Å². The van der Waals surface area contributed by atoms with Crippen molar-refractivity contribution in [2.24, 2.45) is 17.6 Å². The number of likely N-dealkylation sites (tertiary alicyclic amines) is 1. The van der Waals surface area contributed by atoms with E-state index in [2.05, 4.69) is 24.5 Å². The van der Waals surface area contributed by atoms with Crippen LogP contribution in [0.1, 0.15) is 47.0 Å². The Morgan fingerprint density at radius 1 is 1.36 bits per heavy atom. The van der Waals surface area contributed by atoms with Crippen molar-refractivity contribution in [2.45, 2.75) is 52.5 Å². The standard InChI is InChI=1S/C16H32N4O2/c1-12(2)9-18-15(22)20-7-5-6-13(10-20)8-14(21)19-16(3,4)11-17/h12-13H,5-11,17H2,1-4H3,(H,18,22)(H,19,21). The molecule has 1 aliphatic rings. The predicted octanol–water partition coefficient (Wildman–Crippen LogP) is 1.31. The average molecular weight is 312 g/mol. The fraction of sp³-hybridized carbons (Fsp3) is 0.875. The van der Waals surface area contributed by atoms with Gasteiger partial charge in [0, 0.05) is 38.1 Å². The van der Waals surface area contributed by atoms with E-state index in [4.69, 9.17) is 5.73 Å². The van der Waals surface area contributed by atoms with Crippen LogP contribution in [0.25, 0.3) is 0 Å². The Balaban J connectivity index is 2.43. The summed E-state index contributed by atoms with van der Waals surface area (Å²) in [7, 11) is 0. The van der Waals surface area contributed by atoms with Gasteiger partial charge < -0.3 is 21.3 Å². The predicted molar refractivity (Wildman–Crippen MR) is 88.4 cm³/mol. The van der Waals surface area contributed by atoms with Gasteiger partial charge in [-0.1, -0.05) is 13.8 Å². The number of nitrogens with one attached hydrogen (secondary N) is 2. The van der Waals surface area contributed by atoms with Crippen molar-refractivity contribution in [3.05, 3.63) is 0 Å². The van der Waals surface area contributed by atoms with Crippen LogP contribution in [0.2, 0.25) is 0 Å². The molecule has 3 amide bonds. The number of piperidine rings is 1. The van der Waals surface area contributed by atoms with Crippen LogP contribution in [0, 0.1) is 11.8 Å². The summed E-state index contributed by atoms with van der Waals surface area (Å²) in [6.07, 6.45) is 2.40. The Hall–Kier alpha value is -1.30. The first kappa shape index (κ1) is 18.7. The highest BCUT2D eigenvalue weighted by Crippen LogP contribution is 2.20. The number of rotatable bonds is 6. The molecule has 0 radical (unpaired) electrons. The van der Waals surface area contributed by atoms with E-state index in [1.165, 1.54) is 0 Å². The molecule has 1 aliphatic heterocycles. The summed E-state index contributed by atoms with van der Waals surface area (Å²) in [4.78, 5) is 26.0. The summed E-state index contributed by atoms with van der Waals surface area (Å²) in [6, 6.07) is -0.0129. The fourth-order valence-electron chi connectivity index (χ4n) is 2.56. The van der Waals surface area contributed by atoms with E-state index in [0.29, 0.717) is 32.0 Å². The third kappa shape index (κ3) is 6.64. The molecule has 6 nitrogen and oxygen atoms in total. The maximum absolute atomic E-state index is 12.1. The molecule has 1 heterocycles. The lowest BCUT2D eigenvalue weighted by Crippen LogP contribution is -2.50. The monoisotopic (exact) mass is 312 g/mol. The van der Waals surface area contributed by atoms with Gasteiger partial charge in [-0.05, 0) is 38.5 Å². The van der Waals surface area contributed by atoms with Crippen LogP contribution in [0.15, 0.2) is 0 Å². The quantitative estimate of drug-likeness (QED) is 0.691. The maximum Gasteiger partial charge on any atom is 0.317 e. The zero-order chi connectivity index (χ0) is 16.8. The molecule has 1 fully saturated rings. The zero-order valence-electron chi connectivity index (χ0n) is 14.4. The van der Waals surface area contributed by atoms with Crippen LogP contribution < -0.4 is 16.4 Å². The normalized spacial score (nSPS) is 19.2. The van der Waals surface area contributed by atoms with Crippen molar-refractivity contribution in [2.75, 3.05) is 26.2 Å². The highest BCUT2D eigenvalue weighted by Gasteiger charge is 2.27. The van der Waals surface area contributed by atoms with Crippen LogP contribution in [-0.2, 0) is 4.79 Å². The summed E-state index contributed by atoms with van der Waals surface area (Å²) in [5.41, 5.74) is 5.26. The van der Waals surface area contributed by atoms with Crippen molar-refractivity contribution in [3.63, 3.8) is 0 Å². The van der Waals surface area contributed by atoms with Crippen molar-refractivity contribution >= 4 is 11.9 Å². The molecular weight excluding hydrogens is 280 g/mol. The molecule has 1 saturated heterocycles. The SMILES string of the molecule is CC(C)CNC(=O)N1CCCC(CC(=O)NC(C)(C)CN)C1. The van der Waals surface area contributed by atoms with E-state index in [1.807, 2.05) is 18.7 Å². The zero-order valence-corrected chi connectivity index (χ0v) is 14.4. The van der Waals surface area contributed by atoms with Gasteiger partial charge in [-0.15, -0.1) is 0 Å². The molecule has 0 aromatic rings. The molecule has 1 atom stereocenters. The maximum atomic E-state index is 12.1. The van der Waals surface area contributed by atoms with Gasteiger partial charge in [-0.2, -0.15) is 0 Å². The van der Waals surface area contributed by atoms with Gasteiger partial charge in [0.05, 0.1) is 0 Å². The number of amides is 3. The number of nitrogens with zero attached hydrogens (tertiary/aromatic N) is 1. The third-order valence-corrected chi connectivity index (χ3v) is 3.93. The molecule has 0 aromatic heterocycles. The number of nitrogens with two attached hydrogens (primary N) is 1. The molecule has 128 valence electrons. The summed E-state index contributed by atoms with van der Waals surface area (Å²) in [6.45, 7) is 10.5. The van der Waals surface area contributed by atoms with Crippen LogP contribution in [0.5, 0.6) is 0 Å². The molecule has 1 rings (SSSR count). The highest BCUT2D eigenvalue weighted by atomic mass is 16.2. The van der Waals surface area contributed by atoms with Gasteiger partial charge in [-0.3, -0.25) is 4.79 Å². The van der Waals surface area contributed by atoms with Crippen molar-refractivity contribution in [1.82, 2.24) is 15.5 Å². The lowest BCUT2D eigenvalue weighted by molar-refractivity contribution is -0.123. The van der Waals surface area contributed by atoms with E-state index in [-0.39, 0.29) is 23.4 Å². The molecule has 6 heteroatoms. The Morgan fingerprint density at radius 3 is 2.64 bits per heavy atom. The minimum Gasteiger partial charge on any atom is -0.350 e. The van der Waals surface area contributed by atoms with Gasteiger partial charge in [0.1, 0.15) is 0 Å². The third-order valence-electron chi connectivity index (χ3n) is 3.93. The Bertz CT molecular complexity index is 382. The number of urea groups is 1. The van der Waals surface area contributed by atoms with Gasteiger partial charge in [0.15, 0.2) is 0 Å². The number of carbonyl (C=O) groups is 2. The highest BCUT2D eigenvalue weighted by molar-refractivity contribution is 5.77. The van der Waals surface area contributed by atoms with Gasteiger partial charge in [0.2, 0.25) is 5.91 Å². The second-order valence-corrected chi connectivity index (χ2v) is 7.37. The van der Waals surface area contributed by atoms with E-state index in [0.717, 1.165) is 19.4 Å². The summed E-state index contributed by atoms with van der Waals surface area (Å²) < 4.78 is 0. The molecular formula is C16H32N4O2. The van der Waals surface area contributed by atoms with Gasteiger partial charge >= 0.3 is 6.03 Å². The lowest BCUT2D eigenvalue weighted by Gasteiger charge is -2.33. The first-order valence-corrected chi connectivity index (χ1v) is 8.27. The Kier molecular flexibility index (Phi) is 7.13. The van der Waals surface area contributed by atoms with Crippen LogP contribution in [0.3, 0.4) is 0 Å². The summed E-state index contributed by atoms with van der Waals surface area (Å²) >= 11 is 0. The second-order valence-electron chi connectivity index (χ2n) is 7.37. The number of hydrogen-bond donors (Lipinski definition) is 3. The summed E-state index contributed by atoms with van der Waals surface area (Å²) in [5.74, 6) is 0.686. The van der Waals surface area contributed by atoms with E-state index in [1.54, 1.807) is 0 Å². The minimum absolute atomic E-state index is 0.0129. The molecule has 0 aliphatic carbocycles. The molecule has 0 aromatic carbocycles. The molecule has 1 unspecified atom stereocenters. The first-order valence-electron chi connectivity index (χ1n) is 8.27. The molecule has 4 N–H and O–H groups in total. The summed E-state index contributed by atoms with van der Waals surface area (Å²) in [5, 5.41) is 5.90. The lowest BCUT2D eigenvalue weighted by atomic mass is 9.94. The van der Waals surface area contributed by atoms with Crippen LogP contribution in [-0.4, -0.2) is 48.6 Å². The van der Waals surface area contributed by atoms with Crippen LogP contribution >= 0.6 is 0 Å². The average Bonchev–Trinajstić information content (AvgIpc) is 2.44. The smallest absolute Gasteiger partial charge is 0.317 e. The Morgan fingerprint density at radius 2 is 2.05 bits per heavy atom. The van der Waals surface area contributed by atoms with E-state index in [9.17, 15) is 9.59 Å². The number of carbonyl (C=O) groups excluding carboxylic acids is 2. The largest absolute Gasteiger partial charge is 0.350 e. The topological polar surface area (TPSA) is 87.5 Å². The van der Waals surface area contributed by atoms with Crippen molar-refractivity contribution in [3.8, 4) is 0 Å². The van der Waals surface area contributed by atoms with Gasteiger partial charge in [0.25, 0.3) is 0 Å². The van der Waals surface area contributed by atoms with Gasteiger partial charge in [-0.25, -0.2) is 4.79 Å². The fourth-order valence-corrected chi connectivity index (χ4v) is 2.56. The first-order chi connectivity index (χ1) is 10.2. The molecule has 0 bridgehead atoms.